The molecule has 0 radical (unpaired) electrons. The second-order valence-corrected chi connectivity index (χ2v) is 5.98. The normalized spacial score (nSPS) is 11.7. The Bertz CT molecular complexity index is 617. The second kappa shape index (κ2) is 8.34. The van der Waals surface area contributed by atoms with Crippen molar-refractivity contribution >= 4 is 23.5 Å². The topological polar surface area (TPSA) is 59.1 Å². The van der Waals surface area contributed by atoms with Crippen LogP contribution in [-0.4, -0.2) is 28.5 Å². The third-order valence-electron chi connectivity index (χ3n) is 3.01. The number of hydrogen-bond acceptors (Lipinski definition) is 4. The van der Waals surface area contributed by atoms with Crippen molar-refractivity contribution in [1.82, 2.24) is 10.3 Å². The van der Waals surface area contributed by atoms with Gasteiger partial charge in [-0.1, -0.05) is 30.3 Å². The van der Waals surface area contributed by atoms with Gasteiger partial charge in [0, 0.05) is 35.3 Å². The summed E-state index contributed by atoms with van der Waals surface area (Å²) in [4.78, 5) is 28.9. The maximum atomic E-state index is 12.1. The number of benzene rings is 1. The number of aromatic nitrogens is 1. The maximum Gasteiger partial charge on any atom is 0.230 e. The second-order valence-electron chi connectivity index (χ2n) is 4.93. The van der Waals surface area contributed by atoms with Crippen LogP contribution in [0.3, 0.4) is 0 Å². The smallest absolute Gasteiger partial charge is 0.230 e. The molecule has 0 saturated carbocycles. The van der Waals surface area contributed by atoms with Gasteiger partial charge in [-0.3, -0.25) is 14.6 Å². The number of nitrogens with one attached hydrogen (secondary N) is 1. The highest BCUT2D eigenvalue weighted by Gasteiger charge is 2.13. The fraction of sp³-hybridized carbons (Fsp3) is 0.235. The molecule has 5 heteroatoms. The molecule has 2 aromatic rings. The van der Waals surface area contributed by atoms with Crippen molar-refractivity contribution in [3.05, 3.63) is 60.4 Å². The summed E-state index contributed by atoms with van der Waals surface area (Å²) in [7, 11) is 0. The first-order valence-electron chi connectivity index (χ1n) is 7.05. The minimum atomic E-state index is -0.182. The lowest BCUT2D eigenvalue weighted by atomic mass is 10.0. The van der Waals surface area contributed by atoms with Crippen molar-refractivity contribution in [3.8, 4) is 0 Å². The largest absolute Gasteiger partial charge is 0.352 e. The lowest BCUT2D eigenvalue weighted by Gasteiger charge is -2.13. The van der Waals surface area contributed by atoms with E-state index in [0.29, 0.717) is 17.7 Å². The lowest BCUT2D eigenvalue weighted by molar-refractivity contribution is -0.119. The third kappa shape index (κ3) is 5.33. The fourth-order valence-electron chi connectivity index (χ4n) is 1.97. The van der Waals surface area contributed by atoms with E-state index in [9.17, 15) is 9.59 Å². The Morgan fingerprint density at radius 1 is 1.14 bits per heavy atom. The van der Waals surface area contributed by atoms with E-state index in [2.05, 4.69) is 10.3 Å². The average molecular weight is 314 g/mol. The number of ketones is 1. The lowest BCUT2D eigenvalue weighted by Crippen LogP contribution is -2.35. The summed E-state index contributed by atoms with van der Waals surface area (Å²) in [6.07, 6.45) is 3.69. The van der Waals surface area contributed by atoms with Crippen LogP contribution >= 0.6 is 11.8 Å². The minimum Gasteiger partial charge on any atom is -0.352 e. The number of nitrogens with zero attached hydrogens (tertiary/aromatic N) is 1. The summed E-state index contributed by atoms with van der Waals surface area (Å²) < 4.78 is 0. The highest BCUT2D eigenvalue weighted by Crippen LogP contribution is 2.15. The summed E-state index contributed by atoms with van der Waals surface area (Å²) in [6.45, 7) is 1.84. The van der Waals surface area contributed by atoms with Crippen molar-refractivity contribution in [2.24, 2.45) is 0 Å². The van der Waals surface area contributed by atoms with Gasteiger partial charge in [-0.2, -0.15) is 0 Å². The van der Waals surface area contributed by atoms with Crippen LogP contribution in [0.2, 0.25) is 0 Å². The van der Waals surface area contributed by atoms with E-state index in [-0.39, 0.29) is 17.7 Å². The molecule has 0 bridgehead atoms. The SMILES string of the molecule is C[C@H](CC(=O)c1ccccc1)NC(=O)CSc1ccncc1. The molecule has 1 N–H and O–H groups in total. The first-order valence-corrected chi connectivity index (χ1v) is 8.04. The Kier molecular flexibility index (Phi) is 6.15. The highest BCUT2D eigenvalue weighted by molar-refractivity contribution is 8.00. The Morgan fingerprint density at radius 2 is 1.82 bits per heavy atom. The molecule has 0 fully saturated rings. The predicted molar refractivity (Wildman–Crippen MR) is 88.0 cm³/mol. The van der Waals surface area contributed by atoms with Crippen LogP contribution in [0.5, 0.6) is 0 Å². The van der Waals surface area contributed by atoms with Crippen molar-refractivity contribution in [2.75, 3.05) is 5.75 Å². The fourth-order valence-corrected chi connectivity index (χ4v) is 2.67. The first-order chi connectivity index (χ1) is 10.6. The molecular formula is C17H18N2O2S. The molecule has 0 aliphatic heterocycles. The predicted octanol–water partition coefficient (Wildman–Crippen LogP) is 2.95. The number of thioether (sulfide) groups is 1. The Hall–Kier alpha value is -2.14. The molecule has 1 amide bonds. The molecule has 0 spiro atoms. The molecule has 1 heterocycles. The van der Waals surface area contributed by atoms with E-state index in [1.807, 2.05) is 37.3 Å². The zero-order valence-electron chi connectivity index (χ0n) is 12.4. The van der Waals surface area contributed by atoms with Crippen LogP contribution in [0.1, 0.15) is 23.7 Å². The van der Waals surface area contributed by atoms with E-state index < -0.39 is 0 Å². The molecule has 1 atom stereocenters. The van der Waals surface area contributed by atoms with E-state index in [4.69, 9.17) is 0 Å². The number of rotatable bonds is 7. The summed E-state index contributed by atoms with van der Waals surface area (Å²) in [5.41, 5.74) is 0.676. The van der Waals surface area contributed by atoms with Crippen LogP contribution in [0.15, 0.2) is 59.8 Å². The Balaban J connectivity index is 1.75. The zero-order chi connectivity index (χ0) is 15.8. The molecule has 0 aliphatic carbocycles. The molecule has 1 aromatic heterocycles. The van der Waals surface area contributed by atoms with Gasteiger partial charge in [0.05, 0.1) is 5.75 Å². The van der Waals surface area contributed by atoms with E-state index in [1.165, 1.54) is 11.8 Å². The van der Waals surface area contributed by atoms with Crippen LogP contribution < -0.4 is 5.32 Å². The van der Waals surface area contributed by atoms with Gasteiger partial charge >= 0.3 is 0 Å². The molecule has 114 valence electrons. The first kappa shape index (κ1) is 16.2. The molecule has 22 heavy (non-hydrogen) atoms. The number of hydrogen-bond donors (Lipinski definition) is 1. The van der Waals surface area contributed by atoms with Gasteiger partial charge in [-0.15, -0.1) is 11.8 Å². The highest BCUT2D eigenvalue weighted by atomic mass is 32.2. The molecule has 0 saturated heterocycles. The van der Waals surface area contributed by atoms with Gasteiger partial charge < -0.3 is 5.32 Å². The van der Waals surface area contributed by atoms with Crippen LogP contribution in [-0.2, 0) is 4.79 Å². The quantitative estimate of drug-likeness (QED) is 0.630. The standard InChI is InChI=1S/C17H18N2O2S/c1-13(11-16(20)14-5-3-2-4-6-14)19-17(21)12-22-15-7-9-18-10-8-15/h2-10,13H,11-12H2,1H3,(H,19,21)/t13-/m1/s1. The zero-order valence-corrected chi connectivity index (χ0v) is 13.2. The van der Waals surface area contributed by atoms with Crippen molar-refractivity contribution in [1.29, 1.82) is 0 Å². The van der Waals surface area contributed by atoms with Crippen LogP contribution in [0.4, 0.5) is 0 Å². The van der Waals surface area contributed by atoms with Gasteiger partial charge in [0.25, 0.3) is 0 Å². The average Bonchev–Trinajstić information content (AvgIpc) is 2.54. The number of amides is 1. The Morgan fingerprint density at radius 3 is 2.50 bits per heavy atom. The van der Waals surface area contributed by atoms with Gasteiger partial charge in [0.15, 0.2) is 5.78 Å². The number of Topliss-reactive ketones (excluding diaryl/α,β-unsaturated/α-hetero) is 1. The van der Waals surface area contributed by atoms with E-state index in [0.717, 1.165) is 4.90 Å². The summed E-state index contributed by atoms with van der Waals surface area (Å²) in [5.74, 6) is 0.291. The van der Waals surface area contributed by atoms with E-state index in [1.54, 1.807) is 24.5 Å². The third-order valence-corrected chi connectivity index (χ3v) is 4.03. The molecule has 2 rings (SSSR count). The van der Waals surface area contributed by atoms with Gasteiger partial charge in [-0.05, 0) is 19.1 Å². The molecule has 0 unspecified atom stereocenters. The number of pyridine rings is 1. The summed E-state index contributed by atoms with van der Waals surface area (Å²) in [6, 6.07) is 12.7. The van der Waals surface area contributed by atoms with Crippen LogP contribution in [0.25, 0.3) is 0 Å². The van der Waals surface area contributed by atoms with Gasteiger partial charge in [-0.25, -0.2) is 0 Å². The number of carbonyl (C=O) groups excluding carboxylic acids is 2. The summed E-state index contributed by atoms with van der Waals surface area (Å²) >= 11 is 1.45. The minimum absolute atomic E-state index is 0.0372. The molecule has 0 aliphatic rings. The molecule has 1 aromatic carbocycles. The number of carbonyl (C=O) groups is 2. The monoisotopic (exact) mass is 314 g/mol. The van der Waals surface area contributed by atoms with Crippen molar-refractivity contribution in [2.45, 2.75) is 24.3 Å². The molecular weight excluding hydrogens is 296 g/mol. The van der Waals surface area contributed by atoms with E-state index >= 15 is 0 Å². The van der Waals surface area contributed by atoms with Crippen molar-refractivity contribution < 1.29 is 9.59 Å². The maximum absolute atomic E-state index is 12.1. The van der Waals surface area contributed by atoms with Crippen molar-refractivity contribution in [3.63, 3.8) is 0 Å². The summed E-state index contributed by atoms with van der Waals surface area (Å²) in [5, 5.41) is 2.85. The van der Waals surface area contributed by atoms with Crippen LogP contribution in [0, 0.1) is 0 Å². The Labute approximate surface area is 134 Å². The van der Waals surface area contributed by atoms with Gasteiger partial charge in [0.2, 0.25) is 5.91 Å². The molecule has 4 nitrogen and oxygen atoms in total. The van der Waals surface area contributed by atoms with Gasteiger partial charge in [0.1, 0.15) is 0 Å².